The van der Waals surface area contributed by atoms with E-state index in [-0.39, 0.29) is 0 Å². The molecule has 10 nitrogen and oxygen atoms in total. The molecule has 0 fully saturated rings. The normalized spacial score (nSPS) is 13.9. The van der Waals surface area contributed by atoms with E-state index in [1.807, 2.05) is 0 Å². The first-order valence-electron chi connectivity index (χ1n) is 5.85. The number of nitrogens with two attached hydrogens (primary N) is 2. The zero-order chi connectivity index (χ0) is 16.8. The SMILES string of the molecule is CC(C)(OC(=O)C(N)CC(=O)O)OC(=O)[C@@H](N)CC(=O)O. The molecule has 1 unspecified atom stereocenters. The largest absolute Gasteiger partial charge is 0.481 e. The number of carboxylic acids is 2. The molecule has 0 aromatic heterocycles. The highest BCUT2D eigenvalue weighted by Crippen LogP contribution is 2.14. The molecule has 0 aromatic rings. The van der Waals surface area contributed by atoms with Crippen LogP contribution in [-0.4, -0.2) is 52.0 Å². The maximum atomic E-state index is 11.5. The van der Waals surface area contributed by atoms with Gasteiger partial charge in [-0.05, 0) is 0 Å². The van der Waals surface area contributed by atoms with Crippen LogP contribution in [0.2, 0.25) is 0 Å². The molecule has 0 bridgehead atoms. The molecule has 0 heterocycles. The van der Waals surface area contributed by atoms with Crippen LogP contribution in [0.4, 0.5) is 0 Å². The lowest BCUT2D eigenvalue weighted by molar-refractivity contribution is -0.218. The molecule has 0 amide bonds. The van der Waals surface area contributed by atoms with Crippen LogP contribution >= 0.6 is 0 Å². The van der Waals surface area contributed by atoms with Gasteiger partial charge >= 0.3 is 23.9 Å². The molecule has 0 rings (SSSR count). The van der Waals surface area contributed by atoms with Crippen LogP contribution < -0.4 is 11.5 Å². The average Bonchev–Trinajstić information content (AvgIpc) is 2.25. The summed E-state index contributed by atoms with van der Waals surface area (Å²) in [4.78, 5) is 43.8. The molecule has 120 valence electrons. The van der Waals surface area contributed by atoms with Crippen LogP contribution in [0.15, 0.2) is 0 Å². The Hall–Kier alpha value is -2.20. The molecule has 10 heteroatoms. The van der Waals surface area contributed by atoms with Crippen molar-refractivity contribution in [3.05, 3.63) is 0 Å². The van der Waals surface area contributed by atoms with E-state index < -0.39 is 54.6 Å². The van der Waals surface area contributed by atoms with E-state index in [2.05, 4.69) is 0 Å². The lowest BCUT2D eigenvalue weighted by Gasteiger charge is -2.27. The predicted octanol–water partition coefficient (Wildman–Crippen LogP) is -1.59. The molecule has 0 saturated carbocycles. The minimum Gasteiger partial charge on any atom is -0.481 e. The summed E-state index contributed by atoms with van der Waals surface area (Å²) >= 11 is 0. The Balaban J connectivity index is 4.55. The summed E-state index contributed by atoms with van der Waals surface area (Å²) in [6.07, 6.45) is -1.30. The first-order valence-corrected chi connectivity index (χ1v) is 5.85. The summed E-state index contributed by atoms with van der Waals surface area (Å²) in [7, 11) is 0. The third-order valence-corrected chi connectivity index (χ3v) is 2.09. The molecular weight excluding hydrogens is 288 g/mol. The highest BCUT2D eigenvalue weighted by atomic mass is 16.7. The Labute approximate surface area is 120 Å². The van der Waals surface area contributed by atoms with E-state index in [9.17, 15) is 19.2 Å². The highest BCUT2D eigenvalue weighted by Gasteiger charge is 2.33. The Morgan fingerprint density at radius 3 is 1.43 bits per heavy atom. The maximum Gasteiger partial charge on any atom is 0.326 e. The van der Waals surface area contributed by atoms with Crippen molar-refractivity contribution in [3.63, 3.8) is 0 Å². The molecular formula is C11H18N2O8. The quantitative estimate of drug-likeness (QED) is 0.301. The Morgan fingerprint density at radius 2 is 1.19 bits per heavy atom. The number of carbonyl (C=O) groups excluding carboxylic acids is 2. The van der Waals surface area contributed by atoms with E-state index in [0.717, 1.165) is 0 Å². The molecule has 0 aromatic carbocycles. The number of carboxylic acid groups (broad SMARTS) is 2. The van der Waals surface area contributed by atoms with E-state index in [1.54, 1.807) is 0 Å². The topological polar surface area (TPSA) is 179 Å². The molecule has 0 aliphatic heterocycles. The van der Waals surface area contributed by atoms with Crippen molar-refractivity contribution in [2.24, 2.45) is 11.5 Å². The van der Waals surface area contributed by atoms with Crippen LogP contribution in [0.1, 0.15) is 26.7 Å². The Bertz CT molecular complexity index is 396. The number of esters is 2. The second-order valence-electron chi connectivity index (χ2n) is 4.65. The van der Waals surface area contributed by atoms with Crippen LogP contribution in [0, 0.1) is 0 Å². The molecule has 2 atom stereocenters. The third kappa shape index (κ3) is 7.84. The van der Waals surface area contributed by atoms with E-state index in [1.165, 1.54) is 13.8 Å². The van der Waals surface area contributed by atoms with Crippen molar-refractivity contribution < 1.29 is 38.9 Å². The molecule has 0 aliphatic rings. The molecule has 0 aliphatic carbocycles. The van der Waals surface area contributed by atoms with Gasteiger partial charge in [0.05, 0.1) is 12.8 Å². The van der Waals surface area contributed by atoms with Gasteiger partial charge in [-0.15, -0.1) is 0 Å². The number of aliphatic carboxylic acids is 2. The minimum absolute atomic E-state index is 0.651. The fourth-order valence-corrected chi connectivity index (χ4v) is 1.20. The van der Waals surface area contributed by atoms with Gasteiger partial charge in [-0.25, -0.2) is 0 Å². The van der Waals surface area contributed by atoms with Crippen LogP contribution in [0.3, 0.4) is 0 Å². The summed E-state index contributed by atoms with van der Waals surface area (Å²) in [5, 5.41) is 17.0. The average molecular weight is 306 g/mol. The lowest BCUT2D eigenvalue weighted by atomic mass is 10.2. The van der Waals surface area contributed by atoms with Gasteiger partial charge in [-0.3, -0.25) is 19.2 Å². The molecule has 0 saturated heterocycles. The summed E-state index contributed by atoms with van der Waals surface area (Å²) in [6, 6.07) is -2.85. The zero-order valence-corrected chi connectivity index (χ0v) is 11.6. The van der Waals surface area contributed by atoms with Crippen molar-refractivity contribution in [2.45, 2.75) is 44.6 Å². The van der Waals surface area contributed by atoms with Gasteiger partial charge < -0.3 is 31.2 Å². The van der Waals surface area contributed by atoms with Gasteiger partial charge in [-0.2, -0.15) is 0 Å². The van der Waals surface area contributed by atoms with E-state index in [0.29, 0.717) is 0 Å². The van der Waals surface area contributed by atoms with Crippen molar-refractivity contribution in [1.82, 2.24) is 0 Å². The van der Waals surface area contributed by atoms with Gasteiger partial charge in [0.25, 0.3) is 5.79 Å². The van der Waals surface area contributed by atoms with Gasteiger partial charge in [0.2, 0.25) is 0 Å². The lowest BCUT2D eigenvalue weighted by Crippen LogP contribution is -2.45. The predicted molar refractivity (Wildman–Crippen MR) is 66.7 cm³/mol. The second kappa shape index (κ2) is 7.55. The maximum absolute atomic E-state index is 11.5. The second-order valence-corrected chi connectivity index (χ2v) is 4.65. The van der Waals surface area contributed by atoms with Crippen LogP contribution in [-0.2, 0) is 28.7 Å². The summed E-state index contributed by atoms with van der Waals surface area (Å²) in [6.45, 7) is 2.40. The number of hydrogen-bond donors (Lipinski definition) is 4. The van der Waals surface area contributed by atoms with Crippen molar-refractivity contribution >= 4 is 23.9 Å². The monoisotopic (exact) mass is 306 g/mol. The van der Waals surface area contributed by atoms with Crippen molar-refractivity contribution in [2.75, 3.05) is 0 Å². The standard InChI is InChI=1S/C11H18N2O8/c1-11(2,20-9(18)5(12)3-7(14)15)21-10(19)6(13)4-8(16)17/h5-6H,3-4,12-13H2,1-2H3,(H,14,15)(H,16,17)/t5-,6?/m0/s1. The summed E-state index contributed by atoms with van der Waals surface area (Å²) in [5.74, 6) is -6.51. The number of hydrogen-bond acceptors (Lipinski definition) is 8. The van der Waals surface area contributed by atoms with Gasteiger partial charge in [0.1, 0.15) is 12.1 Å². The first kappa shape index (κ1) is 18.8. The van der Waals surface area contributed by atoms with Crippen molar-refractivity contribution in [1.29, 1.82) is 0 Å². The molecule has 0 radical (unpaired) electrons. The highest BCUT2D eigenvalue weighted by molar-refractivity contribution is 5.83. The van der Waals surface area contributed by atoms with Gasteiger partial charge in [0, 0.05) is 13.8 Å². The Kier molecular flexibility index (Phi) is 6.76. The molecule has 21 heavy (non-hydrogen) atoms. The van der Waals surface area contributed by atoms with E-state index in [4.69, 9.17) is 31.2 Å². The minimum atomic E-state index is -1.76. The number of carbonyl (C=O) groups is 4. The fraction of sp³-hybridized carbons (Fsp3) is 0.636. The summed E-state index contributed by atoms with van der Waals surface area (Å²) < 4.78 is 9.51. The molecule has 6 N–H and O–H groups in total. The van der Waals surface area contributed by atoms with Crippen LogP contribution in [0.25, 0.3) is 0 Å². The molecule has 0 spiro atoms. The third-order valence-electron chi connectivity index (χ3n) is 2.09. The smallest absolute Gasteiger partial charge is 0.326 e. The first-order chi connectivity index (χ1) is 9.44. The van der Waals surface area contributed by atoms with Gasteiger partial charge in [-0.1, -0.05) is 0 Å². The van der Waals surface area contributed by atoms with Crippen molar-refractivity contribution in [3.8, 4) is 0 Å². The summed E-state index contributed by atoms with van der Waals surface area (Å²) in [5.41, 5.74) is 10.6. The van der Waals surface area contributed by atoms with Crippen LogP contribution in [0.5, 0.6) is 0 Å². The Morgan fingerprint density at radius 1 is 0.905 bits per heavy atom. The number of rotatable bonds is 8. The zero-order valence-electron chi connectivity index (χ0n) is 11.6. The fourth-order valence-electron chi connectivity index (χ4n) is 1.20. The van der Waals surface area contributed by atoms with E-state index >= 15 is 0 Å². The van der Waals surface area contributed by atoms with Gasteiger partial charge in [0.15, 0.2) is 0 Å². The number of ether oxygens (including phenoxy) is 2.